The van der Waals surface area contributed by atoms with Gasteiger partial charge in [-0.25, -0.2) is 19.9 Å². The zero-order chi connectivity index (χ0) is 22.1. The van der Waals surface area contributed by atoms with Gasteiger partial charge in [0.2, 0.25) is 0 Å². The van der Waals surface area contributed by atoms with Crippen molar-refractivity contribution in [3.63, 3.8) is 0 Å². The number of nitrogens with one attached hydrogen (secondary N) is 2. The van der Waals surface area contributed by atoms with E-state index in [9.17, 15) is 4.79 Å². The number of aromatic nitrogens is 4. The molecule has 7 nitrogen and oxygen atoms in total. The summed E-state index contributed by atoms with van der Waals surface area (Å²) >= 11 is 7.97. The van der Waals surface area contributed by atoms with E-state index in [1.807, 2.05) is 25.1 Å². The number of hydrogen-bond donors (Lipinski definition) is 2. The number of amides is 1. The number of rotatable bonds is 5. The summed E-state index contributed by atoms with van der Waals surface area (Å²) in [6.07, 6.45) is 7.05. The lowest BCUT2D eigenvalue weighted by molar-refractivity contribution is 0.0924. The van der Waals surface area contributed by atoms with E-state index in [4.69, 9.17) is 16.6 Å². The van der Waals surface area contributed by atoms with Crippen molar-refractivity contribution < 1.29 is 4.79 Å². The molecule has 1 atom stereocenters. The smallest absolute Gasteiger partial charge is 0.270 e. The van der Waals surface area contributed by atoms with Gasteiger partial charge in [0.1, 0.15) is 22.4 Å². The highest BCUT2D eigenvalue weighted by Crippen LogP contribution is 2.30. The van der Waals surface area contributed by atoms with E-state index >= 15 is 0 Å². The van der Waals surface area contributed by atoms with Crippen LogP contribution in [-0.4, -0.2) is 31.9 Å². The van der Waals surface area contributed by atoms with Crippen molar-refractivity contribution in [2.24, 2.45) is 0 Å². The zero-order valence-corrected chi connectivity index (χ0v) is 19.2. The van der Waals surface area contributed by atoms with Gasteiger partial charge in [0.15, 0.2) is 5.82 Å². The van der Waals surface area contributed by atoms with E-state index in [0.717, 1.165) is 47.1 Å². The average Bonchev–Trinajstić information content (AvgIpc) is 3.29. The van der Waals surface area contributed by atoms with Crippen LogP contribution in [0.3, 0.4) is 0 Å². The molecule has 164 valence electrons. The number of benzene rings is 1. The first kappa shape index (κ1) is 21.0. The number of fused-ring (bicyclic) bond motifs is 2. The van der Waals surface area contributed by atoms with E-state index in [2.05, 4.69) is 25.6 Å². The minimum absolute atomic E-state index is 0.173. The maximum absolute atomic E-state index is 13.3. The Balaban J connectivity index is 1.50. The Bertz CT molecular complexity index is 1290. The van der Waals surface area contributed by atoms with Crippen LogP contribution in [0.5, 0.6) is 0 Å². The summed E-state index contributed by atoms with van der Waals surface area (Å²) < 4.78 is 0. The summed E-state index contributed by atoms with van der Waals surface area (Å²) in [5.74, 6) is 0.470. The highest BCUT2D eigenvalue weighted by molar-refractivity contribution is 7.16. The first-order valence-electron chi connectivity index (χ1n) is 10.8. The Kier molecular flexibility index (Phi) is 5.89. The third-order valence-electron chi connectivity index (χ3n) is 5.91. The van der Waals surface area contributed by atoms with Crippen molar-refractivity contribution in [1.82, 2.24) is 25.3 Å². The van der Waals surface area contributed by atoms with Gasteiger partial charge >= 0.3 is 0 Å². The Morgan fingerprint density at radius 3 is 2.88 bits per heavy atom. The fourth-order valence-corrected chi connectivity index (χ4v) is 5.15. The van der Waals surface area contributed by atoms with E-state index in [1.54, 1.807) is 11.6 Å². The van der Waals surface area contributed by atoms with Crippen molar-refractivity contribution >= 4 is 55.8 Å². The second kappa shape index (κ2) is 8.96. The van der Waals surface area contributed by atoms with Crippen LogP contribution in [0, 0.1) is 0 Å². The molecule has 9 heteroatoms. The number of nitrogens with zero attached hydrogens (tertiary/aromatic N) is 4. The quantitative estimate of drug-likeness (QED) is 0.402. The Hall–Kier alpha value is -2.84. The van der Waals surface area contributed by atoms with Crippen LogP contribution in [0.1, 0.15) is 61.3 Å². The van der Waals surface area contributed by atoms with E-state index in [-0.39, 0.29) is 18.0 Å². The maximum atomic E-state index is 13.3. The number of pyridine rings is 1. The van der Waals surface area contributed by atoms with E-state index < -0.39 is 0 Å². The van der Waals surface area contributed by atoms with Crippen molar-refractivity contribution in [3.8, 4) is 0 Å². The molecule has 1 aliphatic carbocycles. The Morgan fingerprint density at radius 2 is 2.03 bits per heavy atom. The van der Waals surface area contributed by atoms with Gasteiger partial charge in [0.25, 0.3) is 5.91 Å². The first-order chi connectivity index (χ1) is 15.6. The Labute approximate surface area is 194 Å². The molecule has 4 aromatic rings. The predicted molar refractivity (Wildman–Crippen MR) is 128 cm³/mol. The summed E-state index contributed by atoms with van der Waals surface area (Å²) in [5, 5.41) is 8.65. The lowest BCUT2D eigenvalue weighted by atomic mass is 9.95. The molecule has 2 N–H and O–H groups in total. The molecule has 0 saturated heterocycles. The molecule has 0 unspecified atom stereocenters. The number of halogens is 1. The molecular weight excluding hydrogens is 444 g/mol. The molecule has 0 radical (unpaired) electrons. The van der Waals surface area contributed by atoms with Crippen LogP contribution < -0.4 is 10.6 Å². The number of carbonyl (C=O) groups excluding carboxylic acids is 1. The highest BCUT2D eigenvalue weighted by atomic mass is 35.5. The summed E-state index contributed by atoms with van der Waals surface area (Å²) in [4.78, 5) is 31.8. The molecule has 0 bridgehead atoms. The molecule has 0 spiro atoms. The average molecular weight is 467 g/mol. The predicted octanol–water partition coefficient (Wildman–Crippen LogP) is 5.52. The zero-order valence-electron chi connectivity index (χ0n) is 17.6. The van der Waals surface area contributed by atoms with Crippen molar-refractivity contribution in [1.29, 1.82) is 0 Å². The standard InChI is InChI=1S/C23H23ClN6OS/c1-13(28-21-20-23(26-11-25-21)32-12-27-20)17-10-14-6-5-9-16(24)18(14)19(30-17)22(31)29-15-7-3-2-4-8-15/h5-6,9-13,15H,2-4,7-8H2,1H3,(H,29,31)(H,25,26,28)/t13-/m0/s1. The summed E-state index contributed by atoms with van der Waals surface area (Å²) in [5.41, 5.74) is 3.57. The number of hydrogen-bond acceptors (Lipinski definition) is 7. The molecule has 1 aromatic carbocycles. The van der Waals surface area contributed by atoms with Crippen molar-refractivity contribution in [2.75, 3.05) is 5.32 Å². The van der Waals surface area contributed by atoms with Gasteiger partial charge < -0.3 is 10.6 Å². The Morgan fingerprint density at radius 1 is 1.19 bits per heavy atom. The molecule has 5 rings (SSSR count). The molecule has 32 heavy (non-hydrogen) atoms. The van der Waals surface area contributed by atoms with Crippen molar-refractivity contribution in [3.05, 3.63) is 52.5 Å². The molecule has 0 aliphatic heterocycles. The van der Waals surface area contributed by atoms with Gasteiger partial charge in [-0.05, 0) is 37.3 Å². The second-order valence-corrected chi connectivity index (χ2v) is 9.38. The molecule has 1 fully saturated rings. The molecule has 3 aromatic heterocycles. The molecule has 1 aliphatic rings. The third-order valence-corrected chi connectivity index (χ3v) is 6.96. The fraction of sp³-hybridized carbons (Fsp3) is 0.348. The van der Waals surface area contributed by atoms with Crippen LogP contribution in [0.25, 0.3) is 21.1 Å². The summed E-state index contributed by atoms with van der Waals surface area (Å²) in [7, 11) is 0. The normalized spacial score (nSPS) is 15.7. The largest absolute Gasteiger partial charge is 0.360 e. The first-order valence-corrected chi connectivity index (χ1v) is 12.1. The van der Waals surface area contributed by atoms with Crippen LogP contribution in [0.4, 0.5) is 5.82 Å². The van der Waals surface area contributed by atoms with Crippen molar-refractivity contribution in [2.45, 2.75) is 51.1 Å². The SMILES string of the molecule is C[C@H](Nc1ncnc2scnc12)c1cc2cccc(Cl)c2c(C(=O)NC2CCCCC2)n1. The number of anilines is 1. The topological polar surface area (TPSA) is 92.7 Å². The molecule has 3 heterocycles. The minimum Gasteiger partial charge on any atom is -0.360 e. The van der Waals surface area contributed by atoms with Gasteiger partial charge in [-0.15, -0.1) is 11.3 Å². The summed E-state index contributed by atoms with van der Waals surface area (Å²) in [6.45, 7) is 1.99. The molecule has 1 saturated carbocycles. The number of carbonyl (C=O) groups is 1. The fourth-order valence-electron chi connectivity index (χ4n) is 4.25. The lowest BCUT2D eigenvalue weighted by Crippen LogP contribution is -2.36. The van der Waals surface area contributed by atoms with Gasteiger partial charge in [0, 0.05) is 11.4 Å². The van der Waals surface area contributed by atoms with E-state index in [1.165, 1.54) is 24.1 Å². The monoisotopic (exact) mass is 466 g/mol. The molecule has 1 amide bonds. The van der Waals surface area contributed by atoms with E-state index in [0.29, 0.717) is 21.9 Å². The van der Waals surface area contributed by atoms with Crippen LogP contribution in [-0.2, 0) is 0 Å². The lowest BCUT2D eigenvalue weighted by Gasteiger charge is -2.23. The van der Waals surface area contributed by atoms with Gasteiger partial charge in [-0.3, -0.25) is 4.79 Å². The number of thiazole rings is 1. The van der Waals surface area contributed by atoms with Crippen LogP contribution >= 0.6 is 22.9 Å². The minimum atomic E-state index is -0.209. The van der Waals surface area contributed by atoms with Crippen LogP contribution in [0.2, 0.25) is 5.02 Å². The van der Waals surface area contributed by atoms with Gasteiger partial charge in [0.05, 0.1) is 22.3 Å². The third kappa shape index (κ3) is 4.12. The van der Waals surface area contributed by atoms with Gasteiger partial charge in [-0.1, -0.05) is 43.0 Å². The second-order valence-electron chi connectivity index (χ2n) is 8.14. The molecular formula is C23H23ClN6OS. The van der Waals surface area contributed by atoms with Gasteiger partial charge in [-0.2, -0.15) is 0 Å². The van der Waals surface area contributed by atoms with Crippen LogP contribution in [0.15, 0.2) is 36.1 Å². The summed E-state index contributed by atoms with van der Waals surface area (Å²) in [6, 6.07) is 7.59. The maximum Gasteiger partial charge on any atom is 0.270 e. The highest BCUT2D eigenvalue weighted by Gasteiger charge is 2.22.